The van der Waals surface area contributed by atoms with E-state index in [1.165, 1.54) is 12.1 Å². The Kier molecular flexibility index (Phi) is 4.22. The highest BCUT2D eigenvalue weighted by atomic mass is 16.4. The molecular weight excluding hydrogens is 221 g/mol. The lowest BCUT2D eigenvalue weighted by atomic mass is 9.80. The van der Waals surface area contributed by atoms with Crippen molar-refractivity contribution in [2.45, 2.75) is 0 Å². The Bertz CT molecular complexity index is 494. The third-order valence-electron chi connectivity index (χ3n) is 1.84. The van der Waals surface area contributed by atoms with Crippen LogP contribution < -0.4 is 16.6 Å². The van der Waals surface area contributed by atoms with Crippen LogP contribution in [0.4, 0.5) is 5.69 Å². The second-order valence-corrected chi connectivity index (χ2v) is 3.10. The van der Waals surface area contributed by atoms with Crippen LogP contribution >= 0.6 is 0 Å². The van der Waals surface area contributed by atoms with Gasteiger partial charge in [0.05, 0.1) is 5.69 Å². The quantitative estimate of drug-likeness (QED) is 0.187. The number of benzene rings is 1. The minimum absolute atomic E-state index is 0.250. The number of nitrogens with one attached hydrogen (secondary N) is 2. The minimum Gasteiger partial charge on any atom is -0.423 e. The molecule has 0 saturated carbocycles. The van der Waals surface area contributed by atoms with Crippen LogP contribution in [0.5, 0.6) is 0 Å². The van der Waals surface area contributed by atoms with Crippen molar-refractivity contribution in [3.8, 4) is 6.07 Å². The molecule has 0 radical (unpaired) electrons. The molecule has 0 spiro atoms. The van der Waals surface area contributed by atoms with Gasteiger partial charge < -0.3 is 15.8 Å². The predicted molar refractivity (Wildman–Crippen MR) is 64.9 cm³/mol. The minimum atomic E-state index is -1.58. The first-order chi connectivity index (χ1) is 8.04. The number of hydrogen-bond donors (Lipinski definition) is 5. The zero-order valence-electron chi connectivity index (χ0n) is 8.75. The van der Waals surface area contributed by atoms with E-state index in [0.29, 0.717) is 5.69 Å². The smallest absolute Gasteiger partial charge is 0.423 e. The van der Waals surface area contributed by atoms with Crippen LogP contribution in [0.3, 0.4) is 0 Å². The number of hydrazone groups is 1. The van der Waals surface area contributed by atoms with Crippen molar-refractivity contribution in [3.05, 3.63) is 24.3 Å². The summed E-state index contributed by atoms with van der Waals surface area (Å²) in [5, 5.41) is 37.1. The van der Waals surface area contributed by atoms with Gasteiger partial charge in [0.2, 0.25) is 5.71 Å². The van der Waals surface area contributed by atoms with E-state index in [1.807, 2.05) is 0 Å². The van der Waals surface area contributed by atoms with Gasteiger partial charge in [0.1, 0.15) is 6.07 Å². The number of hydrogen-bond acceptors (Lipinski definition) is 6. The molecule has 0 heterocycles. The predicted octanol–water partition coefficient (Wildman–Crippen LogP) is -1.41. The number of amidine groups is 1. The summed E-state index contributed by atoms with van der Waals surface area (Å²) in [6.07, 6.45) is 0. The summed E-state index contributed by atoms with van der Waals surface area (Å²) < 4.78 is 0. The Labute approximate surface area is 97.8 Å². The molecule has 1 rings (SSSR count). The fourth-order valence-corrected chi connectivity index (χ4v) is 1.03. The first-order valence-electron chi connectivity index (χ1n) is 4.59. The van der Waals surface area contributed by atoms with Crippen molar-refractivity contribution < 1.29 is 10.0 Å². The first-order valence-corrected chi connectivity index (χ1v) is 4.59. The summed E-state index contributed by atoms with van der Waals surface area (Å²) in [5.41, 5.74) is 8.08. The number of nitriles is 1. The zero-order chi connectivity index (χ0) is 12.8. The third-order valence-corrected chi connectivity index (χ3v) is 1.84. The number of rotatable bonds is 4. The van der Waals surface area contributed by atoms with Gasteiger partial charge in [-0.05, 0) is 17.6 Å². The molecule has 0 atom stereocenters. The van der Waals surface area contributed by atoms with Crippen molar-refractivity contribution in [1.82, 2.24) is 0 Å². The molecule has 1 aromatic rings. The molecule has 0 aromatic heterocycles. The average Bonchev–Trinajstić information content (AvgIpc) is 2.29. The SMILES string of the molecule is N#C/C(=N\Nc1cccc(B(O)O)c1)C(=N)N. The summed E-state index contributed by atoms with van der Waals surface area (Å²) in [7, 11) is -1.58. The molecule has 0 amide bonds. The molecule has 17 heavy (non-hydrogen) atoms. The van der Waals surface area contributed by atoms with Gasteiger partial charge >= 0.3 is 7.12 Å². The lowest BCUT2D eigenvalue weighted by molar-refractivity contribution is 0.426. The number of anilines is 1. The van der Waals surface area contributed by atoms with Crippen molar-refractivity contribution in [3.63, 3.8) is 0 Å². The fourth-order valence-electron chi connectivity index (χ4n) is 1.03. The van der Waals surface area contributed by atoms with Gasteiger partial charge in [-0.2, -0.15) is 10.4 Å². The lowest BCUT2D eigenvalue weighted by Gasteiger charge is -2.04. The largest absolute Gasteiger partial charge is 0.488 e. The second kappa shape index (κ2) is 5.65. The third kappa shape index (κ3) is 3.60. The van der Waals surface area contributed by atoms with E-state index >= 15 is 0 Å². The van der Waals surface area contributed by atoms with Crippen LogP contribution in [0.2, 0.25) is 0 Å². The molecule has 0 unspecified atom stereocenters. The maximum absolute atomic E-state index is 8.95. The maximum Gasteiger partial charge on any atom is 0.488 e. The molecule has 0 aliphatic rings. The Morgan fingerprint density at radius 1 is 1.53 bits per heavy atom. The van der Waals surface area contributed by atoms with Crippen molar-refractivity contribution in [2.75, 3.05) is 5.43 Å². The molecule has 0 bridgehead atoms. The molecule has 7 nitrogen and oxygen atoms in total. The summed E-state index contributed by atoms with van der Waals surface area (Å²) >= 11 is 0. The molecule has 0 aliphatic carbocycles. The highest BCUT2D eigenvalue weighted by Gasteiger charge is 2.10. The Morgan fingerprint density at radius 2 is 2.24 bits per heavy atom. The average molecular weight is 231 g/mol. The first kappa shape index (κ1) is 12.7. The second-order valence-electron chi connectivity index (χ2n) is 3.10. The van der Waals surface area contributed by atoms with Gasteiger partial charge in [0.15, 0.2) is 5.84 Å². The normalized spacial score (nSPS) is 10.5. The topological polar surface area (TPSA) is 139 Å². The monoisotopic (exact) mass is 231 g/mol. The van der Waals surface area contributed by atoms with E-state index in [-0.39, 0.29) is 11.2 Å². The van der Waals surface area contributed by atoms with Crippen LogP contribution in [0.15, 0.2) is 29.4 Å². The maximum atomic E-state index is 8.95. The molecule has 8 heteroatoms. The van der Waals surface area contributed by atoms with E-state index in [1.54, 1.807) is 18.2 Å². The molecule has 86 valence electrons. The number of nitrogens with two attached hydrogens (primary N) is 1. The lowest BCUT2D eigenvalue weighted by Crippen LogP contribution is -2.29. The summed E-state index contributed by atoms with van der Waals surface area (Å²) in [6.45, 7) is 0. The van der Waals surface area contributed by atoms with Crippen molar-refractivity contribution in [2.24, 2.45) is 10.8 Å². The number of nitrogens with zero attached hydrogens (tertiary/aromatic N) is 2. The van der Waals surface area contributed by atoms with Gasteiger partial charge in [-0.25, -0.2) is 0 Å². The van der Waals surface area contributed by atoms with Gasteiger partial charge in [0, 0.05) is 0 Å². The van der Waals surface area contributed by atoms with E-state index in [0.717, 1.165) is 0 Å². The van der Waals surface area contributed by atoms with Gasteiger partial charge in [-0.1, -0.05) is 12.1 Å². The Balaban J connectivity index is 2.86. The van der Waals surface area contributed by atoms with E-state index < -0.39 is 13.0 Å². The van der Waals surface area contributed by atoms with Crippen molar-refractivity contribution in [1.29, 1.82) is 10.7 Å². The summed E-state index contributed by atoms with van der Waals surface area (Å²) in [4.78, 5) is 0. The van der Waals surface area contributed by atoms with Crippen LogP contribution in [-0.2, 0) is 0 Å². The molecular formula is C9H10BN5O2. The highest BCUT2D eigenvalue weighted by Crippen LogP contribution is 2.03. The molecule has 0 saturated heterocycles. The molecule has 6 N–H and O–H groups in total. The van der Waals surface area contributed by atoms with Gasteiger partial charge in [-0.3, -0.25) is 10.8 Å². The molecule has 1 aromatic carbocycles. The van der Waals surface area contributed by atoms with Gasteiger partial charge in [0.25, 0.3) is 0 Å². The van der Waals surface area contributed by atoms with Crippen molar-refractivity contribution >= 4 is 29.8 Å². The standard InChI is InChI=1S/C9H10BN5O2/c11-5-8(9(12)13)15-14-7-3-1-2-6(4-7)10(16)17/h1-4,14,16-17H,(H3,12,13)/b15-8+. The Hall–Kier alpha value is -2.37. The molecule has 0 aliphatic heterocycles. The van der Waals surface area contributed by atoms with E-state index in [4.69, 9.17) is 26.5 Å². The fraction of sp³-hybridized carbons (Fsp3) is 0. The Morgan fingerprint density at radius 3 is 2.76 bits per heavy atom. The van der Waals surface area contributed by atoms with Crippen LogP contribution in [0.25, 0.3) is 0 Å². The van der Waals surface area contributed by atoms with Crippen LogP contribution in [0.1, 0.15) is 0 Å². The van der Waals surface area contributed by atoms with Crippen LogP contribution in [-0.4, -0.2) is 28.7 Å². The summed E-state index contributed by atoms with van der Waals surface area (Å²) in [5.74, 6) is -0.446. The van der Waals surface area contributed by atoms with Crippen LogP contribution in [0, 0.1) is 16.7 Å². The van der Waals surface area contributed by atoms with E-state index in [2.05, 4.69) is 10.5 Å². The molecule has 0 fully saturated rings. The highest BCUT2D eigenvalue weighted by molar-refractivity contribution is 6.58. The zero-order valence-corrected chi connectivity index (χ0v) is 8.75. The summed E-state index contributed by atoms with van der Waals surface area (Å²) in [6, 6.07) is 7.82. The van der Waals surface area contributed by atoms with E-state index in [9.17, 15) is 0 Å². The van der Waals surface area contributed by atoms with Gasteiger partial charge in [-0.15, -0.1) is 0 Å².